The summed E-state index contributed by atoms with van der Waals surface area (Å²) < 4.78 is 0. The minimum atomic E-state index is 0.0102. The van der Waals surface area contributed by atoms with Gasteiger partial charge in [-0.05, 0) is 43.9 Å². The highest BCUT2D eigenvalue weighted by Gasteiger charge is 2.10. The molecule has 4 nitrogen and oxygen atoms in total. The van der Waals surface area contributed by atoms with E-state index in [1.807, 2.05) is 19.1 Å². The lowest BCUT2D eigenvalue weighted by atomic mass is 10.0. The van der Waals surface area contributed by atoms with E-state index >= 15 is 0 Å². The van der Waals surface area contributed by atoms with Crippen LogP contribution in [0.3, 0.4) is 0 Å². The SMILES string of the molecule is CC(CCN)CCC(=O)NC(C)c1cccnc1. The fourth-order valence-corrected chi connectivity index (χ4v) is 1.84. The molecule has 0 fully saturated rings. The Balaban J connectivity index is 2.32. The van der Waals surface area contributed by atoms with Crippen LogP contribution in [0.2, 0.25) is 0 Å². The average molecular weight is 249 g/mol. The van der Waals surface area contributed by atoms with Crippen molar-refractivity contribution in [2.45, 2.75) is 39.2 Å². The van der Waals surface area contributed by atoms with Gasteiger partial charge in [-0.25, -0.2) is 0 Å². The first-order chi connectivity index (χ1) is 8.63. The van der Waals surface area contributed by atoms with Crippen molar-refractivity contribution in [3.8, 4) is 0 Å². The zero-order valence-electron chi connectivity index (χ0n) is 11.2. The van der Waals surface area contributed by atoms with Crippen LogP contribution >= 0.6 is 0 Å². The number of nitrogens with one attached hydrogen (secondary N) is 1. The second-order valence-electron chi connectivity index (χ2n) is 4.80. The lowest BCUT2D eigenvalue weighted by molar-refractivity contribution is -0.122. The number of rotatable bonds is 7. The summed E-state index contributed by atoms with van der Waals surface area (Å²) in [7, 11) is 0. The van der Waals surface area contributed by atoms with Gasteiger partial charge in [0, 0.05) is 18.8 Å². The van der Waals surface area contributed by atoms with E-state index in [1.54, 1.807) is 12.4 Å². The Bertz CT molecular complexity index is 353. The van der Waals surface area contributed by atoms with E-state index in [-0.39, 0.29) is 11.9 Å². The van der Waals surface area contributed by atoms with Gasteiger partial charge in [0.05, 0.1) is 6.04 Å². The summed E-state index contributed by atoms with van der Waals surface area (Å²) in [4.78, 5) is 15.8. The number of amides is 1. The number of pyridine rings is 1. The monoisotopic (exact) mass is 249 g/mol. The molecular formula is C14H23N3O. The number of hydrogen-bond acceptors (Lipinski definition) is 3. The third-order valence-corrected chi connectivity index (χ3v) is 3.09. The largest absolute Gasteiger partial charge is 0.350 e. The van der Waals surface area contributed by atoms with Gasteiger partial charge in [-0.2, -0.15) is 0 Å². The molecule has 0 aliphatic carbocycles. The van der Waals surface area contributed by atoms with E-state index < -0.39 is 0 Å². The quantitative estimate of drug-likeness (QED) is 0.777. The van der Waals surface area contributed by atoms with Crippen LogP contribution in [0.15, 0.2) is 24.5 Å². The van der Waals surface area contributed by atoms with Gasteiger partial charge in [-0.3, -0.25) is 9.78 Å². The number of aromatic nitrogens is 1. The van der Waals surface area contributed by atoms with E-state index in [0.29, 0.717) is 18.9 Å². The van der Waals surface area contributed by atoms with Gasteiger partial charge >= 0.3 is 0 Å². The van der Waals surface area contributed by atoms with Crippen molar-refractivity contribution >= 4 is 5.91 Å². The van der Waals surface area contributed by atoms with Crippen LogP contribution in [-0.2, 0) is 4.79 Å². The molecule has 1 heterocycles. The maximum atomic E-state index is 11.8. The first-order valence-electron chi connectivity index (χ1n) is 6.52. The zero-order chi connectivity index (χ0) is 13.4. The van der Waals surface area contributed by atoms with E-state index in [4.69, 9.17) is 5.73 Å². The van der Waals surface area contributed by atoms with E-state index in [1.165, 1.54) is 0 Å². The van der Waals surface area contributed by atoms with Crippen LogP contribution in [0.5, 0.6) is 0 Å². The van der Waals surface area contributed by atoms with E-state index in [0.717, 1.165) is 18.4 Å². The van der Waals surface area contributed by atoms with Crippen molar-refractivity contribution < 1.29 is 4.79 Å². The zero-order valence-corrected chi connectivity index (χ0v) is 11.2. The molecule has 100 valence electrons. The predicted octanol–water partition coefficient (Wildman–Crippen LogP) is 2.02. The Morgan fingerprint density at radius 1 is 1.44 bits per heavy atom. The van der Waals surface area contributed by atoms with Crippen LogP contribution in [0.1, 0.15) is 44.7 Å². The molecule has 0 saturated heterocycles. The van der Waals surface area contributed by atoms with Crippen LogP contribution in [0.25, 0.3) is 0 Å². The molecule has 2 unspecified atom stereocenters. The molecule has 0 aliphatic heterocycles. The summed E-state index contributed by atoms with van der Waals surface area (Å²) in [6, 6.07) is 3.85. The summed E-state index contributed by atoms with van der Waals surface area (Å²) in [6.07, 6.45) is 5.94. The molecule has 0 aromatic carbocycles. The predicted molar refractivity (Wildman–Crippen MR) is 72.9 cm³/mol. The molecule has 18 heavy (non-hydrogen) atoms. The van der Waals surface area contributed by atoms with Gasteiger partial charge in [-0.1, -0.05) is 13.0 Å². The third-order valence-electron chi connectivity index (χ3n) is 3.09. The van der Waals surface area contributed by atoms with E-state index in [9.17, 15) is 4.79 Å². The van der Waals surface area contributed by atoms with Crippen molar-refractivity contribution in [1.29, 1.82) is 0 Å². The second kappa shape index (κ2) is 7.82. The summed E-state index contributed by atoms with van der Waals surface area (Å²) >= 11 is 0. The van der Waals surface area contributed by atoms with Gasteiger partial charge in [0.25, 0.3) is 0 Å². The molecule has 2 atom stereocenters. The van der Waals surface area contributed by atoms with Gasteiger partial charge in [-0.15, -0.1) is 0 Å². The minimum Gasteiger partial charge on any atom is -0.350 e. The molecule has 4 heteroatoms. The fourth-order valence-electron chi connectivity index (χ4n) is 1.84. The van der Waals surface area contributed by atoms with Gasteiger partial charge < -0.3 is 11.1 Å². The van der Waals surface area contributed by atoms with Crippen LogP contribution in [0, 0.1) is 5.92 Å². The molecule has 1 amide bonds. The Morgan fingerprint density at radius 2 is 2.22 bits per heavy atom. The lowest BCUT2D eigenvalue weighted by Gasteiger charge is -2.15. The summed E-state index contributed by atoms with van der Waals surface area (Å²) in [5, 5.41) is 2.98. The number of carbonyl (C=O) groups is 1. The van der Waals surface area contributed by atoms with Crippen molar-refractivity contribution in [3.63, 3.8) is 0 Å². The molecule has 0 spiro atoms. The summed E-state index contributed by atoms with van der Waals surface area (Å²) in [5.41, 5.74) is 6.51. The molecule has 0 radical (unpaired) electrons. The van der Waals surface area contributed by atoms with Gasteiger partial charge in [0.2, 0.25) is 5.91 Å². The average Bonchev–Trinajstić information content (AvgIpc) is 2.38. The highest BCUT2D eigenvalue weighted by atomic mass is 16.1. The lowest BCUT2D eigenvalue weighted by Crippen LogP contribution is -2.26. The highest BCUT2D eigenvalue weighted by molar-refractivity contribution is 5.76. The standard InChI is InChI=1S/C14H23N3O/c1-11(7-8-15)5-6-14(18)17-12(2)13-4-3-9-16-10-13/h3-4,9-12H,5-8,15H2,1-2H3,(H,17,18). The minimum absolute atomic E-state index is 0.0102. The summed E-state index contributed by atoms with van der Waals surface area (Å²) in [6.45, 7) is 4.79. The molecule has 1 aromatic heterocycles. The highest BCUT2D eigenvalue weighted by Crippen LogP contribution is 2.12. The first kappa shape index (κ1) is 14.6. The molecule has 1 rings (SSSR count). The smallest absolute Gasteiger partial charge is 0.220 e. The number of carbonyl (C=O) groups excluding carboxylic acids is 1. The number of hydrogen-bond donors (Lipinski definition) is 2. The molecule has 3 N–H and O–H groups in total. The Kier molecular flexibility index (Phi) is 6.36. The van der Waals surface area contributed by atoms with E-state index in [2.05, 4.69) is 17.2 Å². The van der Waals surface area contributed by atoms with Crippen molar-refractivity contribution in [3.05, 3.63) is 30.1 Å². The third kappa shape index (κ3) is 5.27. The van der Waals surface area contributed by atoms with Gasteiger partial charge in [0.15, 0.2) is 0 Å². The van der Waals surface area contributed by atoms with Crippen LogP contribution in [0.4, 0.5) is 0 Å². The Labute approximate surface area is 109 Å². The normalized spacial score (nSPS) is 13.9. The number of nitrogens with zero attached hydrogens (tertiary/aromatic N) is 1. The second-order valence-corrected chi connectivity index (χ2v) is 4.80. The van der Waals surface area contributed by atoms with Crippen LogP contribution < -0.4 is 11.1 Å². The molecule has 0 bridgehead atoms. The van der Waals surface area contributed by atoms with Crippen molar-refractivity contribution in [2.75, 3.05) is 6.54 Å². The Morgan fingerprint density at radius 3 is 2.83 bits per heavy atom. The molecule has 0 saturated carbocycles. The van der Waals surface area contributed by atoms with Crippen molar-refractivity contribution in [1.82, 2.24) is 10.3 Å². The molecule has 0 aliphatic rings. The van der Waals surface area contributed by atoms with Crippen LogP contribution in [-0.4, -0.2) is 17.4 Å². The number of nitrogens with two attached hydrogens (primary N) is 1. The Hall–Kier alpha value is -1.42. The van der Waals surface area contributed by atoms with Crippen molar-refractivity contribution in [2.24, 2.45) is 11.7 Å². The fraction of sp³-hybridized carbons (Fsp3) is 0.571. The maximum Gasteiger partial charge on any atom is 0.220 e. The topological polar surface area (TPSA) is 68.0 Å². The summed E-state index contributed by atoms with van der Waals surface area (Å²) in [5.74, 6) is 0.602. The first-order valence-corrected chi connectivity index (χ1v) is 6.52. The molecule has 1 aromatic rings. The maximum absolute atomic E-state index is 11.8. The van der Waals surface area contributed by atoms with Gasteiger partial charge in [0.1, 0.15) is 0 Å². The molecular weight excluding hydrogens is 226 g/mol.